The highest BCUT2D eigenvalue weighted by Crippen LogP contribution is 2.12. The topological polar surface area (TPSA) is 46.3 Å². The van der Waals surface area contributed by atoms with Gasteiger partial charge < -0.3 is 10.6 Å². The van der Waals surface area contributed by atoms with Crippen LogP contribution in [0, 0.1) is 0 Å². The van der Waals surface area contributed by atoms with Crippen LogP contribution in [0.3, 0.4) is 0 Å². The van der Waals surface area contributed by atoms with Crippen molar-refractivity contribution in [1.82, 2.24) is 4.90 Å². The van der Waals surface area contributed by atoms with Gasteiger partial charge in [0, 0.05) is 25.2 Å². The van der Waals surface area contributed by atoms with E-state index in [0.717, 1.165) is 30.6 Å². The SMILES string of the molecule is NCc1ccc(C(=O)N2CCC2)cc1. The molecule has 1 aromatic rings. The first kappa shape index (κ1) is 9.21. The van der Waals surface area contributed by atoms with Gasteiger partial charge in [-0.15, -0.1) is 0 Å². The Hall–Kier alpha value is -1.35. The first-order valence-electron chi connectivity index (χ1n) is 4.89. The predicted octanol–water partition coefficient (Wildman–Crippen LogP) is 0.991. The number of carbonyl (C=O) groups is 1. The van der Waals surface area contributed by atoms with Gasteiger partial charge in [-0.3, -0.25) is 4.79 Å². The summed E-state index contributed by atoms with van der Waals surface area (Å²) < 4.78 is 0. The van der Waals surface area contributed by atoms with E-state index in [4.69, 9.17) is 5.73 Å². The molecule has 1 aromatic carbocycles. The van der Waals surface area contributed by atoms with E-state index in [1.165, 1.54) is 0 Å². The van der Waals surface area contributed by atoms with E-state index >= 15 is 0 Å². The molecule has 2 rings (SSSR count). The van der Waals surface area contributed by atoms with Crippen LogP contribution in [0.2, 0.25) is 0 Å². The van der Waals surface area contributed by atoms with Gasteiger partial charge in [0.2, 0.25) is 0 Å². The third-order valence-corrected chi connectivity index (χ3v) is 2.58. The van der Waals surface area contributed by atoms with Gasteiger partial charge in [-0.05, 0) is 24.1 Å². The zero-order valence-corrected chi connectivity index (χ0v) is 8.07. The van der Waals surface area contributed by atoms with Crippen LogP contribution in [-0.2, 0) is 6.54 Å². The van der Waals surface area contributed by atoms with Crippen molar-refractivity contribution in [3.8, 4) is 0 Å². The van der Waals surface area contributed by atoms with Crippen molar-refractivity contribution < 1.29 is 4.79 Å². The smallest absolute Gasteiger partial charge is 0.253 e. The molecule has 1 fully saturated rings. The van der Waals surface area contributed by atoms with Crippen LogP contribution in [0.1, 0.15) is 22.3 Å². The highest BCUT2D eigenvalue weighted by molar-refractivity contribution is 5.94. The quantitative estimate of drug-likeness (QED) is 0.756. The molecule has 1 aliphatic rings. The van der Waals surface area contributed by atoms with Crippen molar-refractivity contribution in [3.63, 3.8) is 0 Å². The Labute approximate surface area is 83.5 Å². The summed E-state index contributed by atoms with van der Waals surface area (Å²) >= 11 is 0. The monoisotopic (exact) mass is 190 g/mol. The molecular formula is C11H14N2O. The molecule has 0 radical (unpaired) electrons. The molecular weight excluding hydrogens is 176 g/mol. The molecule has 0 atom stereocenters. The summed E-state index contributed by atoms with van der Waals surface area (Å²) in [5.41, 5.74) is 7.30. The lowest BCUT2D eigenvalue weighted by atomic mass is 10.1. The van der Waals surface area contributed by atoms with Crippen LogP contribution in [0.15, 0.2) is 24.3 Å². The van der Waals surface area contributed by atoms with E-state index in [9.17, 15) is 4.79 Å². The maximum atomic E-state index is 11.7. The van der Waals surface area contributed by atoms with Crippen molar-refractivity contribution in [3.05, 3.63) is 35.4 Å². The van der Waals surface area contributed by atoms with Gasteiger partial charge in [0.1, 0.15) is 0 Å². The Morgan fingerprint density at radius 3 is 2.36 bits per heavy atom. The number of amides is 1. The molecule has 0 spiro atoms. The lowest BCUT2D eigenvalue weighted by Crippen LogP contribution is -2.41. The number of carbonyl (C=O) groups excluding carboxylic acids is 1. The van der Waals surface area contributed by atoms with Crippen molar-refractivity contribution in [2.75, 3.05) is 13.1 Å². The Morgan fingerprint density at radius 2 is 1.93 bits per heavy atom. The minimum absolute atomic E-state index is 0.139. The summed E-state index contributed by atoms with van der Waals surface area (Å²) in [5, 5.41) is 0. The molecule has 1 amide bonds. The summed E-state index contributed by atoms with van der Waals surface area (Å²) in [6, 6.07) is 7.52. The molecule has 1 aliphatic heterocycles. The summed E-state index contributed by atoms with van der Waals surface area (Å²) in [5.74, 6) is 0.139. The minimum Gasteiger partial charge on any atom is -0.339 e. The number of nitrogens with two attached hydrogens (primary N) is 1. The van der Waals surface area contributed by atoms with Crippen molar-refractivity contribution in [2.24, 2.45) is 5.73 Å². The van der Waals surface area contributed by atoms with Crippen LogP contribution < -0.4 is 5.73 Å². The molecule has 14 heavy (non-hydrogen) atoms. The third kappa shape index (κ3) is 1.63. The number of benzene rings is 1. The lowest BCUT2D eigenvalue weighted by molar-refractivity contribution is 0.0652. The Bertz CT molecular complexity index is 328. The average molecular weight is 190 g/mol. The van der Waals surface area contributed by atoms with Gasteiger partial charge >= 0.3 is 0 Å². The molecule has 0 aliphatic carbocycles. The standard InChI is InChI=1S/C11H14N2O/c12-8-9-2-4-10(5-3-9)11(14)13-6-1-7-13/h2-5H,1,6-8,12H2. The van der Waals surface area contributed by atoms with Crippen molar-refractivity contribution in [1.29, 1.82) is 0 Å². The van der Waals surface area contributed by atoms with E-state index in [1.807, 2.05) is 29.2 Å². The zero-order chi connectivity index (χ0) is 9.97. The average Bonchev–Trinajstić information content (AvgIpc) is 2.15. The van der Waals surface area contributed by atoms with Crippen LogP contribution in [0.4, 0.5) is 0 Å². The summed E-state index contributed by atoms with van der Waals surface area (Å²) in [7, 11) is 0. The first-order valence-corrected chi connectivity index (χ1v) is 4.89. The van der Waals surface area contributed by atoms with E-state index in [-0.39, 0.29) is 5.91 Å². The van der Waals surface area contributed by atoms with Crippen LogP contribution in [0.25, 0.3) is 0 Å². The summed E-state index contributed by atoms with van der Waals surface area (Å²) in [6.45, 7) is 2.33. The second kappa shape index (κ2) is 3.80. The largest absolute Gasteiger partial charge is 0.339 e. The van der Waals surface area contributed by atoms with Gasteiger partial charge in [-0.1, -0.05) is 12.1 Å². The molecule has 0 bridgehead atoms. The second-order valence-corrected chi connectivity index (χ2v) is 3.55. The molecule has 3 heteroatoms. The minimum atomic E-state index is 0.139. The number of hydrogen-bond acceptors (Lipinski definition) is 2. The van der Waals surface area contributed by atoms with Gasteiger partial charge in [0.05, 0.1) is 0 Å². The molecule has 1 saturated heterocycles. The zero-order valence-electron chi connectivity index (χ0n) is 8.07. The number of nitrogens with zero attached hydrogens (tertiary/aromatic N) is 1. The number of likely N-dealkylation sites (tertiary alicyclic amines) is 1. The molecule has 3 nitrogen and oxygen atoms in total. The fourth-order valence-electron chi connectivity index (χ4n) is 1.49. The highest BCUT2D eigenvalue weighted by Gasteiger charge is 2.20. The molecule has 0 unspecified atom stereocenters. The van der Waals surface area contributed by atoms with Crippen molar-refractivity contribution >= 4 is 5.91 Å². The maximum Gasteiger partial charge on any atom is 0.253 e. The normalized spacial score (nSPS) is 15.1. The van der Waals surface area contributed by atoms with Gasteiger partial charge in [0.15, 0.2) is 0 Å². The predicted molar refractivity (Wildman–Crippen MR) is 54.9 cm³/mol. The second-order valence-electron chi connectivity index (χ2n) is 3.55. The molecule has 74 valence electrons. The fraction of sp³-hybridized carbons (Fsp3) is 0.364. The Balaban J connectivity index is 2.11. The van der Waals surface area contributed by atoms with Gasteiger partial charge in [-0.2, -0.15) is 0 Å². The Kier molecular flexibility index (Phi) is 2.50. The van der Waals surface area contributed by atoms with Gasteiger partial charge in [0.25, 0.3) is 5.91 Å². The summed E-state index contributed by atoms with van der Waals surface area (Å²) in [4.78, 5) is 13.6. The highest BCUT2D eigenvalue weighted by atomic mass is 16.2. The first-order chi connectivity index (χ1) is 6.81. The van der Waals surface area contributed by atoms with Gasteiger partial charge in [-0.25, -0.2) is 0 Å². The van der Waals surface area contributed by atoms with Crippen LogP contribution >= 0.6 is 0 Å². The fourth-order valence-corrected chi connectivity index (χ4v) is 1.49. The lowest BCUT2D eigenvalue weighted by Gasteiger charge is -2.30. The van der Waals surface area contributed by atoms with E-state index in [1.54, 1.807) is 0 Å². The molecule has 0 aromatic heterocycles. The van der Waals surface area contributed by atoms with Crippen LogP contribution in [-0.4, -0.2) is 23.9 Å². The molecule has 1 heterocycles. The number of hydrogen-bond donors (Lipinski definition) is 1. The number of rotatable bonds is 2. The van der Waals surface area contributed by atoms with Crippen LogP contribution in [0.5, 0.6) is 0 Å². The van der Waals surface area contributed by atoms with E-state index < -0.39 is 0 Å². The van der Waals surface area contributed by atoms with E-state index in [2.05, 4.69) is 0 Å². The Morgan fingerprint density at radius 1 is 1.29 bits per heavy atom. The molecule has 0 saturated carbocycles. The summed E-state index contributed by atoms with van der Waals surface area (Å²) in [6.07, 6.45) is 1.13. The van der Waals surface area contributed by atoms with Crippen molar-refractivity contribution in [2.45, 2.75) is 13.0 Å². The van der Waals surface area contributed by atoms with E-state index in [0.29, 0.717) is 6.54 Å². The molecule has 2 N–H and O–H groups in total. The maximum absolute atomic E-state index is 11.7. The third-order valence-electron chi connectivity index (χ3n) is 2.58.